The van der Waals surface area contributed by atoms with E-state index in [0.29, 0.717) is 23.4 Å². The third-order valence-corrected chi connectivity index (χ3v) is 7.17. The van der Waals surface area contributed by atoms with Crippen LogP contribution in [0.3, 0.4) is 0 Å². The van der Waals surface area contributed by atoms with Crippen LogP contribution in [-0.4, -0.2) is 19.4 Å². The second kappa shape index (κ2) is 8.34. The summed E-state index contributed by atoms with van der Waals surface area (Å²) in [5, 5.41) is 7.02. The predicted molar refractivity (Wildman–Crippen MR) is 123 cm³/mol. The van der Waals surface area contributed by atoms with Crippen molar-refractivity contribution in [2.24, 2.45) is 0 Å². The molecule has 0 spiro atoms. The first-order valence-corrected chi connectivity index (χ1v) is 11.4. The molecule has 0 atom stereocenters. The van der Waals surface area contributed by atoms with Gasteiger partial charge in [-0.2, -0.15) is 0 Å². The maximum Gasteiger partial charge on any atom is 0.269 e. The van der Waals surface area contributed by atoms with Gasteiger partial charge in [-0.3, -0.25) is 0 Å². The van der Waals surface area contributed by atoms with Crippen molar-refractivity contribution in [2.45, 2.75) is 18.4 Å². The zero-order chi connectivity index (χ0) is 22.2. The van der Waals surface area contributed by atoms with E-state index in [9.17, 15) is 12.8 Å². The Labute approximate surface area is 185 Å². The molecule has 8 heteroatoms. The summed E-state index contributed by atoms with van der Waals surface area (Å²) in [6.07, 6.45) is 1.59. The average molecular weight is 458 g/mol. The molecule has 1 heterocycles. The topological polar surface area (TPSA) is 63.1 Å². The highest BCUT2D eigenvalue weighted by atomic mass is 35.5. The molecule has 0 amide bonds. The molecule has 0 fully saturated rings. The lowest BCUT2D eigenvalue weighted by Gasteiger charge is -2.11. The van der Waals surface area contributed by atoms with Crippen molar-refractivity contribution < 1.29 is 12.8 Å². The van der Waals surface area contributed by atoms with Gasteiger partial charge in [0, 0.05) is 23.8 Å². The molecule has 4 rings (SSSR count). The molecule has 0 saturated carbocycles. The number of nitrogens with one attached hydrogen (secondary N) is 2. The van der Waals surface area contributed by atoms with Crippen LogP contribution in [0.5, 0.6) is 0 Å². The van der Waals surface area contributed by atoms with Crippen LogP contribution >= 0.6 is 11.6 Å². The van der Waals surface area contributed by atoms with Crippen molar-refractivity contribution in [1.82, 2.24) is 9.29 Å². The van der Waals surface area contributed by atoms with Gasteiger partial charge in [0.2, 0.25) is 0 Å². The van der Waals surface area contributed by atoms with Gasteiger partial charge >= 0.3 is 0 Å². The Morgan fingerprint density at radius 1 is 1.06 bits per heavy atom. The third kappa shape index (κ3) is 4.04. The molecular formula is C23H21ClFN3O2S. The van der Waals surface area contributed by atoms with Crippen molar-refractivity contribution >= 4 is 43.9 Å². The van der Waals surface area contributed by atoms with E-state index in [1.807, 2.05) is 13.0 Å². The molecule has 0 aliphatic heterocycles. The van der Waals surface area contributed by atoms with Gasteiger partial charge in [0.05, 0.1) is 16.2 Å². The minimum Gasteiger partial charge on any atom is -0.353 e. The van der Waals surface area contributed by atoms with Gasteiger partial charge < -0.3 is 10.6 Å². The number of aryl methyl sites for hydroxylation is 1. The van der Waals surface area contributed by atoms with Gasteiger partial charge in [-0.15, -0.1) is 0 Å². The number of nitrogens with zero attached hydrogens (tertiary/aromatic N) is 1. The lowest BCUT2D eigenvalue weighted by atomic mass is 10.1. The molecule has 2 N–H and O–H groups in total. The Balaban J connectivity index is 1.87. The van der Waals surface area contributed by atoms with Crippen LogP contribution < -0.4 is 10.6 Å². The smallest absolute Gasteiger partial charge is 0.269 e. The maximum absolute atomic E-state index is 14.3. The van der Waals surface area contributed by atoms with Crippen LogP contribution in [0.25, 0.3) is 10.9 Å². The fourth-order valence-corrected chi connectivity index (χ4v) is 5.39. The van der Waals surface area contributed by atoms with E-state index in [-0.39, 0.29) is 15.7 Å². The predicted octanol–water partition coefficient (Wildman–Crippen LogP) is 5.44. The van der Waals surface area contributed by atoms with E-state index in [2.05, 4.69) is 10.6 Å². The van der Waals surface area contributed by atoms with Gasteiger partial charge in [-0.05, 0) is 61.5 Å². The lowest BCUT2D eigenvalue weighted by molar-refractivity contribution is 0.589. The molecule has 5 nitrogen and oxygen atoms in total. The first kappa shape index (κ1) is 21.4. The summed E-state index contributed by atoms with van der Waals surface area (Å²) in [7, 11) is -2.15. The van der Waals surface area contributed by atoms with E-state index >= 15 is 0 Å². The number of anilines is 2. The summed E-state index contributed by atoms with van der Waals surface area (Å²) in [4.78, 5) is 0.0208. The van der Waals surface area contributed by atoms with Gasteiger partial charge in [0.15, 0.2) is 0 Å². The first-order chi connectivity index (χ1) is 14.8. The summed E-state index contributed by atoms with van der Waals surface area (Å²) in [6.45, 7) is 2.30. The molecule has 31 heavy (non-hydrogen) atoms. The van der Waals surface area contributed by atoms with Crippen LogP contribution in [-0.2, 0) is 16.6 Å². The zero-order valence-electron chi connectivity index (χ0n) is 17.0. The molecule has 4 aromatic rings. The number of halogens is 2. The molecular weight excluding hydrogens is 437 g/mol. The van der Waals surface area contributed by atoms with Crippen molar-refractivity contribution in [1.29, 1.82) is 0 Å². The average Bonchev–Trinajstić information content (AvgIpc) is 3.09. The van der Waals surface area contributed by atoms with Crippen LogP contribution in [0.15, 0.2) is 71.8 Å². The van der Waals surface area contributed by atoms with E-state index in [1.54, 1.807) is 55.7 Å². The van der Waals surface area contributed by atoms with Crippen LogP contribution in [0.1, 0.15) is 11.1 Å². The molecule has 0 radical (unpaired) electrons. The number of benzene rings is 3. The number of hydrogen-bond acceptors (Lipinski definition) is 4. The number of hydrogen-bond donors (Lipinski definition) is 2. The van der Waals surface area contributed by atoms with Gasteiger partial charge in [0.1, 0.15) is 10.7 Å². The molecule has 0 aliphatic rings. The Hall–Kier alpha value is -2.87. The van der Waals surface area contributed by atoms with Crippen molar-refractivity contribution in [3.05, 3.63) is 88.8 Å². The van der Waals surface area contributed by atoms with Crippen molar-refractivity contribution in [2.75, 3.05) is 12.4 Å². The molecule has 3 aromatic carbocycles. The number of fused-ring (bicyclic) bond motifs is 1. The summed E-state index contributed by atoms with van der Waals surface area (Å²) < 4.78 is 42.4. The molecule has 0 saturated heterocycles. The second-order valence-electron chi connectivity index (χ2n) is 7.26. The minimum absolute atomic E-state index is 0.0208. The lowest BCUT2D eigenvalue weighted by Crippen LogP contribution is -2.12. The van der Waals surface area contributed by atoms with E-state index in [1.165, 1.54) is 16.1 Å². The standard InChI is InChI=1S/C23H21ClFN3O2S/c1-15-7-10-21(20(25)11-15)27-17-8-9-18-16(13-26-2)14-28(22(18)12-17)31(29,30)23-6-4-3-5-19(23)24/h3-12,14,26-27H,13H2,1-2H3. The largest absolute Gasteiger partial charge is 0.353 e. The number of aromatic nitrogens is 1. The quantitative estimate of drug-likeness (QED) is 0.404. The zero-order valence-corrected chi connectivity index (χ0v) is 18.6. The Kier molecular flexibility index (Phi) is 5.75. The van der Waals surface area contributed by atoms with E-state index < -0.39 is 10.0 Å². The highest BCUT2D eigenvalue weighted by Crippen LogP contribution is 2.32. The third-order valence-electron chi connectivity index (χ3n) is 5.00. The van der Waals surface area contributed by atoms with Crippen LogP contribution in [0.4, 0.5) is 15.8 Å². The summed E-state index contributed by atoms with van der Waals surface area (Å²) >= 11 is 6.19. The highest BCUT2D eigenvalue weighted by molar-refractivity contribution is 7.90. The monoisotopic (exact) mass is 457 g/mol. The maximum atomic E-state index is 14.3. The Morgan fingerprint density at radius 2 is 1.84 bits per heavy atom. The SMILES string of the molecule is CNCc1cn(S(=O)(=O)c2ccccc2Cl)c2cc(Nc3ccc(C)cc3F)ccc12. The fraction of sp³-hybridized carbons (Fsp3) is 0.130. The highest BCUT2D eigenvalue weighted by Gasteiger charge is 2.23. The molecule has 0 unspecified atom stereocenters. The minimum atomic E-state index is -3.94. The fourth-order valence-electron chi connectivity index (χ4n) is 3.51. The number of rotatable bonds is 6. The summed E-state index contributed by atoms with van der Waals surface area (Å²) in [6, 6.07) is 16.6. The van der Waals surface area contributed by atoms with E-state index in [4.69, 9.17) is 11.6 Å². The molecule has 160 valence electrons. The Bertz CT molecular complexity index is 1380. The molecule has 0 aliphatic carbocycles. The van der Waals surface area contributed by atoms with Gasteiger partial charge in [0.25, 0.3) is 10.0 Å². The van der Waals surface area contributed by atoms with Crippen LogP contribution in [0.2, 0.25) is 5.02 Å². The molecule has 0 bridgehead atoms. The van der Waals surface area contributed by atoms with Crippen LogP contribution in [0, 0.1) is 12.7 Å². The second-order valence-corrected chi connectivity index (χ2v) is 9.45. The van der Waals surface area contributed by atoms with Crippen molar-refractivity contribution in [3.8, 4) is 0 Å². The summed E-state index contributed by atoms with van der Waals surface area (Å²) in [5.41, 5.74) is 2.99. The van der Waals surface area contributed by atoms with Gasteiger partial charge in [-0.1, -0.05) is 35.9 Å². The Morgan fingerprint density at radius 3 is 2.55 bits per heavy atom. The summed E-state index contributed by atoms with van der Waals surface area (Å²) in [5.74, 6) is -0.380. The molecule has 1 aromatic heterocycles. The normalized spacial score (nSPS) is 11.7. The first-order valence-electron chi connectivity index (χ1n) is 9.63. The van der Waals surface area contributed by atoms with Gasteiger partial charge in [-0.25, -0.2) is 16.8 Å². The van der Waals surface area contributed by atoms with Crippen molar-refractivity contribution in [3.63, 3.8) is 0 Å². The van der Waals surface area contributed by atoms with E-state index in [0.717, 1.165) is 16.5 Å².